The molecule has 1 unspecified atom stereocenters. The van der Waals surface area contributed by atoms with Gasteiger partial charge in [0, 0.05) is 6.54 Å². The zero-order valence-corrected chi connectivity index (χ0v) is 11.0. The summed E-state index contributed by atoms with van der Waals surface area (Å²) in [5.74, 6) is -0.165. The van der Waals surface area contributed by atoms with Crippen LogP contribution in [0.15, 0.2) is 18.2 Å². The number of hydrogen-bond donors (Lipinski definition) is 1. The van der Waals surface area contributed by atoms with Crippen molar-refractivity contribution in [2.75, 3.05) is 6.54 Å². The third-order valence-corrected chi connectivity index (χ3v) is 3.00. The highest BCUT2D eigenvalue weighted by Crippen LogP contribution is 2.22. The van der Waals surface area contributed by atoms with Gasteiger partial charge < -0.3 is 5.32 Å². The van der Waals surface area contributed by atoms with E-state index in [0.29, 0.717) is 23.0 Å². The van der Waals surface area contributed by atoms with Crippen molar-refractivity contribution < 1.29 is 4.79 Å². The largest absolute Gasteiger partial charge is 0.354 e. The second-order valence-corrected chi connectivity index (χ2v) is 4.87. The van der Waals surface area contributed by atoms with E-state index in [1.807, 2.05) is 6.07 Å². The number of halogens is 3. The maximum atomic E-state index is 11.2. The third-order valence-electron chi connectivity index (χ3n) is 2.06. The van der Waals surface area contributed by atoms with Crippen molar-refractivity contribution in [2.45, 2.75) is 18.7 Å². The minimum absolute atomic E-state index is 0.165. The summed E-state index contributed by atoms with van der Waals surface area (Å²) in [6.45, 7) is 2.17. The minimum Gasteiger partial charge on any atom is -0.354 e. The van der Waals surface area contributed by atoms with Gasteiger partial charge in [0.05, 0.1) is 10.0 Å². The van der Waals surface area contributed by atoms with E-state index < -0.39 is 5.38 Å². The molecule has 0 heterocycles. The van der Waals surface area contributed by atoms with Gasteiger partial charge in [-0.1, -0.05) is 29.3 Å². The van der Waals surface area contributed by atoms with Gasteiger partial charge in [0.1, 0.15) is 5.38 Å². The Kier molecular flexibility index (Phi) is 5.39. The van der Waals surface area contributed by atoms with Gasteiger partial charge in [-0.25, -0.2) is 0 Å². The SMILES string of the molecule is CC(Cl)C(=O)NCCc1ccc(Cl)c(Cl)c1. The lowest BCUT2D eigenvalue weighted by atomic mass is 10.1. The first-order chi connectivity index (χ1) is 7.50. The Hall–Kier alpha value is -0.440. The van der Waals surface area contributed by atoms with Gasteiger partial charge in [-0.05, 0) is 31.0 Å². The molecule has 0 aliphatic rings. The van der Waals surface area contributed by atoms with E-state index in [1.54, 1.807) is 19.1 Å². The Morgan fingerprint density at radius 2 is 2.06 bits per heavy atom. The topological polar surface area (TPSA) is 29.1 Å². The van der Waals surface area contributed by atoms with Crippen LogP contribution in [0.25, 0.3) is 0 Å². The predicted molar refractivity (Wildman–Crippen MR) is 68.5 cm³/mol. The van der Waals surface area contributed by atoms with Gasteiger partial charge in [0.2, 0.25) is 5.91 Å². The summed E-state index contributed by atoms with van der Waals surface area (Å²) in [6.07, 6.45) is 0.701. The number of carbonyl (C=O) groups is 1. The number of alkyl halides is 1. The molecule has 16 heavy (non-hydrogen) atoms. The Morgan fingerprint density at radius 1 is 1.38 bits per heavy atom. The first-order valence-electron chi connectivity index (χ1n) is 4.86. The summed E-state index contributed by atoms with van der Waals surface area (Å²) >= 11 is 17.3. The predicted octanol–water partition coefficient (Wildman–Crippen LogP) is 3.28. The Bertz CT molecular complexity index is 379. The molecule has 1 amide bonds. The van der Waals surface area contributed by atoms with Crippen molar-refractivity contribution >= 4 is 40.7 Å². The summed E-state index contributed by atoms with van der Waals surface area (Å²) in [4.78, 5) is 11.2. The maximum Gasteiger partial charge on any atom is 0.237 e. The van der Waals surface area contributed by atoms with Crippen molar-refractivity contribution in [3.05, 3.63) is 33.8 Å². The van der Waals surface area contributed by atoms with Gasteiger partial charge in [0.25, 0.3) is 0 Å². The van der Waals surface area contributed by atoms with Crippen LogP contribution < -0.4 is 5.32 Å². The summed E-state index contributed by atoms with van der Waals surface area (Å²) in [5.41, 5.74) is 1.02. The Labute approximate surface area is 110 Å². The molecule has 1 rings (SSSR count). The van der Waals surface area contributed by atoms with E-state index in [-0.39, 0.29) is 5.91 Å². The number of carbonyl (C=O) groups excluding carboxylic acids is 1. The molecule has 1 atom stereocenters. The van der Waals surface area contributed by atoms with Crippen LogP contribution >= 0.6 is 34.8 Å². The smallest absolute Gasteiger partial charge is 0.237 e. The third kappa shape index (κ3) is 4.20. The zero-order valence-electron chi connectivity index (χ0n) is 8.77. The number of rotatable bonds is 4. The van der Waals surface area contributed by atoms with Crippen LogP contribution in [-0.4, -0.2) is 17.8 Å². The van der Waals surface area contributed by atoms with Crippen molar-refractivity contribution in [3.8, 4) is 0 Å². The summed E-state index contributed by atoms with van der Waals surface area (Å²) in [5, 5.41) is 3.27. The van der Waals surface area contributed by atoms with Gasteiger partial charge >= 0.3 is 0 Å². The molecule has 0 saturated carbocycles. The number of nitrogens with one attached hydrogen (secondary N) is 1. The van der Waals surface area contributed by atoms with E-state index in [1.165, 1.54) is 0 Å². The van der Waals surface area contributed by atoms with Gasteiger partial charge in [-0.3, -0.25) is 4.79 Å². The molecular formula is C11H12Cl3NO. The first kappa shape index (κ1) is 13.6. The lowest BCUT2D eigenvalue weighted by Gasteiger charge is -2.07. The van der Waals surface area contributed by atoms with Crippen molar-refractivity contribution in [1.82, 2.24) is 5.32 Å². The van der Waals surface area contributed by atoms with Crippen LogP contribution in [0.3, 0.4) is 0 Å². The molecular weight excluding hydrogens is 268 g/mol. The quantitative estimate of drug-likeness (QED) is 0.843. The van der Waals surface area contributed by atoms with Gasteiger partial charge in [-0.2, -0.15) is 0 Å². The molecule has 0 aliphatic heterocycles. The Morgan fingerprint density at radius 3 is 2.62 bits per heavy atom. The minimum atomic E-state index is -0.506. The lowest BCUT2D eigenvalue weighted by Crippen LogP contribution is -2.31. The van der Waals surface area contributed by atoms with Crippen LogP contribution in [0.5, 0.6) is 0 Å². The summed E-state index contributed by atoms with van der Waals surface area (Å²) in [6, 6.07) is 5.41. The van der Waals surface area contributed by atoms with Crippen LogP contribution in [0.1, 0.15) is 12.5 Å². The molecule has 88 valence electrons. The summed E-state index contributed by atoms with van der Waals surface area (Å²) in [7, 11) is 0. The van der Waals surface area contributed by atoms with E-state index in [9.17, 15) is 4.79 Å². The molecule has 0 bridgehead atoms. The molecule has 0 fully saturated rings. The second kappa shape index (κ2) is 6.33. The van der Waals surface area contributed by atoms with Crippen LogP contribution in [-0.2, 0) is 11.2 Å². The first-order valence-corrected chi connectivity index (χ1v) is 6.05. The molecule has 1 aromatic carbocycles. The van der Waals surface area contributed by atoms with Gasteiger partial charge in [-0.15, -0.1) is 11.6 Å². The van der Waals surface area contributed by atoms with E-state index in [4.69, 9.17) is 34.8 Å². The monoisotopic (exact) mass is 279 g/mol. The average molecular weight is 281 g/mol. The van der Waals surface area contributed by atoms with Crippen LogP contribution in [0.4, 0.5) is 0 Å². The van der Waals surface area contributed by atoms with Crippen LogP contribution in [0.2, 0.25) is 10.0 Å². The lowest BCUT2D eigenvalue weighted by molar-refractivity contribution is -0.120. The number of benzene rings is 1. The highest BCUT2D eigenvalue weighted by molar-refractivity contribution is 6.42. The van der Waals surface area contributed by atoms with Crippen molar-refractivity contribution in [2.24, 2.45) is 0 Å². The molecule has 2 nitrogen and oxygen atoms in total. The van der Waals surface area contributed by atoms with E-state index >= 15 is 0 Å². The molecule has 0 spiro atoms. The van der Waals surface area contributed by atoms with Crippen molar-refractivity contribution in [3.63, 3.8) is 0 Å². The molecule has 1 N–H and O–H groups in total. The number of amides is 1. The molecule has 0 aliphatic carbocycles. The highest BCUT2D eigenvalue weighted by atomic mass is 35.5. The second-order valence-electron chi connectivity index (χ2n) is 3.41. The molecule has 1 aromatic rings. The van der Waals surface area contributed by atoms with E-state index in [0.717, 1.165) is 5.56 Å². The molecule has 0 radical (unpaired) electrons. The van der Waals surface area contributed by atoms with Crippen molar-refractivity contribution in [1.29, 1.82) is 0 Å². The fourth-order valence-corrected chi connectivity index (χ4v) is 1.56. The highest BCUT2D eigenvalue weighted by Gasteiger charge is 2.07. The maximum absolute atomic E-state index is 11.2. The van der Waals surface area contributed by atoms with Crippen LogP contribution in [0, 0.1) is 0 Å². The number of hydrogen-bond acceptors (Lipinski definition) is 1. The fraction of sp³-hybridized carbons (Fsp3) is 0.364. The van der Waals surface area contributed by atoms with E-state index in [2.05, 4.69) is 5.32 Å². The normalized spacial score (nSPS) is 12.2. The fourth-order valence-electron chi connectivity index (χ4n) is 1.17. The summed E-state index contributed by atoms with van der Waals surface area (Å²) < 4.78 is 0. The molecule has 5 heteroatoms. The average Bonchev–Trinajstić information content (AvgIpc) is 2.23. The molecule has 0 aromatic heterocycles. The Balaban J connectivity index is 2.43. The van der Waals surface area contributed by atoms with Gasteiger partial charge in [0.15, 0.2) is 0 Å². The standard InChI is InChI=1S/C11H12Cl3NO/c1-7(12)11(16)15-5-4-8-2-3-9(13)10(14)6-8/h2-3,6-7H,4-5H2,1H3,(H,15,16). The zero-order chi connectivity index (χ0) is 12.1. The molecule has 0 saturated heterocycles.